The first-order chi connectivity index (χ1) is 9.33. The van der Waals surface area contributed by atoms with Gasteiger partial charge in [-0.25, -0.2) is 0 Å². The van der Waals surface area contributed by atoms with Crippen molar-refractivity contribution in [2.45, 2.75) is 6.42 Å². The summed E-state index contributed by atoms with van der Waals surface area (Å²) in [6, 6.07) is 5.85. The lowest BCUT2D eigenvalue weighted by atomic mass is 10.1. The van der Waals surface area contributed by atoms with Gasteiger partial charge in [-0.15, -0.1) is 0 Å². The summed E-state index contributed by atoms with van der Waals surface area (Å²) in [7, 11) is 0. The Bertz CT molecular complexity index is 533. The molecule has 2 aromatic rings. The number of aliphatic hydroxyl groups is 1. The van der Waals surface area contributed by atoms with Crippen LogP contribution < -0.4 is 11.1 Å². The Balaban J connectivity index is 1.96. The van der Waals surface area contributed by atoms with Gasteiger partial charge in [0.1, 0.15) is 0 Å². The van der Waals surface area contributed by atoms with Gasteiger partial charge in [0.15, 0.2) is 0 Å². The highest BCUT2D eigenvalue weighted by molar-refractivity contribution is 7.99. The molecule has 0 radical (unpaired) electrons. The quantitative estimate of drug-likeness (QED) is 0.535. The number of hydrogen-bond acceptors (Lipinski definition) is 5. The van der Waals surface area contributed by atoms with Gasteiger partial charge in [-0.05, 0) is 30.4 Å². The van der Waals surface area contributed by atoms with Crippen LogP contribution in [0.2, 0.25) is 0 Å². The van der Waals surface area contributed by atoms with E-state index in [2.05, 4.69) is 10.3 Å². The summed E-state index contributed by atoms with van der Waals surface area (Å²) in [4.78, 5) is 4.15. The molecule has 0 saturated heterocycles. The molecule has 0 unspecified atom stereocenters. The van der Waals surface area contributed by atoms with E-state index in [9.17, 15) is 0 Å². The highest BCUT2D eigenvalue weighted by Gasteiger charge is 2.03. The smallest absolute Gasteiger partial charge is 0.0438 e. The van der Waals surface area contributed by atoms with E-state index in [1.807, 2.05) is 36.2 Å². The zero-order valence-electron chi connectivity index (χ0n) is 10.8. The summed E-state index contributed by atoms with van der Waals surface area (Å²) in [5.41, 5.74) is 7.80. The monoisotopic (exact) mass is 277 g/mol. The highest BCUT2D eigenvalue weighted by Crippen LogP contribution is 2.27. The Hall–Kier alpha value is -1.46. The first-order valence-corrected chi connectivity index (χ1v) is 7.53. The van der Waals surface area contributed by atoms with E-state index in [1.54, 1.807) is 6.20 Å². The number of benzene rings is 1. The number of anilines is 2. The normalized spacial score (nSPS) is 10.8. The minimum atomic E-state index is 0.273. The molecule has 102 valence electrons. The molecule has 0 saturated carbocycles. The Morgan fingerprint density at radius 1 is 1.21 bits per heavy atom. The van der Waals surface area contributed by atoms with Crippen LogP contribution in [0.15, 0.2) is 30.6 Å². The minimum absolute atomic E-state index is 0.273. The van der Waals surface area contributed by atoms with Crippen LogP contribution in [-0.4, -0.2) is 34.7 Å². The summed E-state index contributed by atoms with van der Waals surface area (Å²) in [5.74, 6) is 2.02. The number of thioether (sulfide) groups is 1. The van der Waals surface area contributed by atoms with Crippen molar-refractivity contribution in [3.63, 3.8) is 0 Å². The maximum absolute atomic E-state index is 8.70. The number of nitrogens with one attached hydrogen (secondary N) is 1. The zero-order chi connectivity index (χ0) is 13.5. The predicted octanol–water partition coefficient (Wildman–Crippen LogP) is 2.34. The molecule has 0 aliphatic carbocycles. The van der Waals surface area contributed by atoms with Gasteiger partial charge >= 0.3 is 0 Å². The fourth-order valence-electron chi connectivity index (χ4n) is 1.89. The van der Waals surface area contributed by atoms with Gasteiger partial charge in [0.25, 0.3) is 0 Å². The molecule has 2 rings (SSSR count). The molecular formula is C14H19N3OS. The van der Waals surface area contributed by atoms with Crippen molar-refractivity contribution in [2.75, 3.05) is 35.7 Å². The van der Waals surface area contributed by atoms with Gasteiger partial charge in [-0.3, -0.25) is 4.98 Å². The number of nitrogens with two attached hydrogens (primary N) is 1. The van der Waals surface area contributed by atoms with Crippen molar-refractivity contribution >= 4 is 33.9 Å². The van der Waals surface area contributed by atoms with E-state index in [-0.39, 0.29) is 6.61 Å². The molecular weight excluding hydrogens is 258 g/mol. The van der Waals surface area contributed by atoms with Crippen LogP contribution in [-0.2, 0) is 0 Å². The molecule has 4 N–H and O–H groups in total. The highest BCUT2D eigenvalue weighted by atomic mass is 32.2. The van der Waals surface area contributed by atoms with Crippen molar-refractivity contribution in [1.82, 2.24) is 4.98 Å². The van der Waals surface area contributed by atoms with Crippen LogP contribution in [0.5, 0.6) is 0 Å². The lowest BCUT2D eigenvalue weighted by Crippen LogP contribution is -2.05. The topological polar surface area (TPSA) is 71.2 Å². The van der Waals surface area contributed by atoms with Gasteiger partial charge in [0.2, 0.25) is 0 Å². The van der Waals surface area contributed by atoms with E-state index >= 15 is 0 Å². The number of rotatable bonds is 7. The number of nitrogens with zero attached hydrogens (tertiary/aromatic N) is 1. The fraction of sp³-hybridized carbons (Fsp3) is 0.357. The average Bonchev–Trinajstić information content (AvgIpc) is 2.45. The Labute approximate surface area is 117 Å². The average molecular weight is 277 g/mol. The van der Waals surface area contributed by atoms with Crippen molar-refractivity contribution < 1.29 is 5.11 Å². The third-order valence-electron chi connectivity index (χ3n) is 2.86. The Morgan fingerprint density at radius 3 is 2.95 bits per heavy atom. The van der Waals surface area contributed by atoms with Crippen molar-refractivity contribution in [1.29, 1.82) is 0 Å². The zero-order valence-corrected chi connectivity index (χ0v) is 11.6. The van der Waals surface area contributed by atoms with Gasteiger partial charge in [0.05, 0.1) is 0 Å². The van der Waals surface area contributed by atoms with Crippen LogP contribution >= 0.6 is 11.8 Å². The molecule has 0 aliphatic heterocycles. The molecule has 5 heteroatoms. The lowest BCUT2D eigenvalue weighted by Gasteiger charge is -2.10. The molecule has 0 atom stereocenters. The molecule has 0 spiro atoms. The van der Waals surface area contributed by atoms with Crippen LogP contribution in [0.3, 0.4) is 0 Å². The second-order valence-electron chi connectivity index (χ2n) is 4.24. The molecule has 4 nitrogen and oxygen atoms in total. The number of aromatic nitrogens is 1. The molecule has 1 aromatic carbocycles. The third kappa shape index (κ3) is 3.75. The molecule has 1 heterocycles. The maximum atomic E-state index is 8.70. The number of hydrogen-bond donors (Lipinski definition) is 3. The van der Waals surface area contributed by atoms with Gasteiger partial charge < -0.3 is 16.2 Å². The SMILES string of the molecule is Nc1ccc(NCCSCCCO)c2cnccc12. The number of aliphatic hydroxyl groups excluding tert-OH is 1. The summed E-state index contributed by atoms with van der Waals surface area (Å²) in [6.07, 6.45) is 4.46. The number of pyridine rings is 1. The van der Waals surface area contributed by atoms with E-state index in [4.69, 9.17) is 10.8 Å². The molecule has 0 fully saturated rings. The largest absolute Gasteiger partial charge is 0.398 e. The van der Waals surface area contributed by atoms with E-state index in [1.165, 1.54) is 0 Å². The van der Waals surface area contributed by atoms with Crippen LogP contribution in [0, 0.1) is 0 Å². The summed E-state index contributed by atoms with van der Waals surface area (Å²) in [6.45, 7) is 1.17. The second kappa shape index (κ2) is 7.21. The van der Waals surface area contributed by atoms with E-state index in [0.717, 1.165) is 46.6 Å². The predicted molar refractivity (Wildman–Crippen MR) is 83.7 cm³/mol. The van der Waals surface area contributed by atoms with Gasteiger partial charge in [-0.2, -0.15) is 11.8 Å². The van der Waals surface area contributed by atoms with Crippen molar-refractivity contribution in [3.05, 3.63) is 30.6 Å². The first-order valence-electron chi connectivity index (χ1n) is 6.37. The lowest BCUT2D eigenvalue weighted by molar-refractivity contribution is 0.296. The molecule has 1 aromatic heterocycles. The summed E-state index contributed by atoms with van der Waals surface area (Å²) < 4.78 is 0. The Kier molecular flexibility index (Phi) is 5.30. The van der Waals surface area contributed by atoms with Crippen LogP contribution in [0.1, 0.15) is 6.42 Å². The molecule has 0 amide bonds. The van der Waals surface area contributed by atoms with E-state index < -0.39 is 0 Å². The van der Waals surface area contributed by atoms with Gasteiger partial charge in [-0.1, -0.05) is 0 Å². The molecule has 0 bridgehead atoms. The van der Waals surface area contributed by atoms with Crippen LogP contribution in [0.4, 0.5) is 11.4 Å². The van der Waals surface area contributed by atoms with E-state index in [0.29, 0.717) is 0 Å². The van der Waals surface area contributed by atoms with Crippen LogP contribution in [0.25, 0.3) is 10.8 Å². The Morgan fingerprint density at radius 2 is 2.11 bits per heavy atom. The first kappa shape index (κ1) is 14.0. The van der Waals surface area contributed by atoms with Crippen molar-refractivity contribution in [3.8, 4) is 0 Å². The second-order valence-corrected chi connectivity index (χ2v) is 5.46. The maximum Gasteiger partial charge on any atom is 0.0438 e. The third-order valence-corrected chi connectivity index (χ3v) is 3.93. The molecule has 19 heavy (non-hydrogen) atoms. The fourth-order valence-corrected chi connectivity index (χ4v) is 2.68. The summed E-state index contributed by atoms with van der Waals surface area (Å²) >= 11 is 1.84. The standard InChI is InChI=1S/C14H19N3OS/c15-13-2-3-14(12-10-16-5-4-11(12)13)17-6-9-19-8-1-7-18/h2-5,10,17-18H,1,6-9,15H2. The molecule has 0 aliphatic rings. The van der Waals surface area contributed by atoms with Gasteiger partial charge in [0, 0.05) is 53.4 Å². The number of nitrogen functional groups attached to an aromatic ring is 1. The summed E-state index contributed by atoms with van der Waals surface area (Å²) in [5, 5.41) is 14.2. The van der Waals surface area contributed by atoms with Crippen molar-refractivity contribution in [2.24, 2.45) is 0 Å². The number of fused-ring (bicyclic) bond motifs is 1. The minimum Gasteiger partial charge on any atom is -0.398 e.